The van der Waals surface area contributed by atoms with E-state index in [-0.39, 0.29) is 23.2 Å². The minimum Gasteiger partial charge on any atom is -0.495 e. The van der Waals surface area contributed by atoms with Crippen molar-refractivity contribution in [2.24, 2.45) is 0 Å². The molecule has 2 aromatic carbocycles. The topological polar surface area (TPSA) is 131 Å². The van der Waals surface area contributed by atoms with E-state index in [9.17, 15) is 9.59 Å². The number of anilines is 3. The summed E-state index contributed by atoms with van der Waals surface area (Å²) < 4.78 is 10.8. The molecule has 0 aliphatic heterocycles. The number of carbonyl (C=O) groups excluding carboxylic acids is 2. The molecular weight excluding hydrogens is 484 g/mol. The number of amides is 3. The highest BCUT2D eigenvalue weighted by molar-refractivity contribution is 6.03. The lowest BCUT2D eigenvalue weighted by molar-refractivity contribution is 0.102. The first kappa shape index (κ1) is 24.9. The monoisotopic (exact) mass is 512 g/mol. The van der Waals surface area contributed by atoms with Crippen molar-refractivity contribution >= 4 is 29.5 Å². The van der Waals surface area contributed by atoms with E-state index in [0.717, 1.165) is 22.4 Å². The number of benzene rings is 2. The predicted octanol–water partition coefficient (Wildman–Crippen LogP) is 5.43. The summed E-state index contributed by atoms with van der Waals surface area (Å²) in [6, 6.07) is 13.8. The number of aryl methyl sites for hydroxylation is 1. The van der Waals surface area contributed by atoms with Crippen molar-refractivity contribution in [1.29, 1.82) is 0 Å². The van der Waals surface area contributed by atoms with Crippen LogP contribution in [0.1, 0.15) is 48.0 Å². The third-order valence-electron chi connectivity index (χ3n) is 6.27. The van der Waals surface area contributed by atoms with Crippen LogP contribution in [0.3, 0.4) is 0 Å². The second kappa shape index (κ2) is 9.97. The van der Waals surface area contributed by atoms with Crippen LogP contribution in [0.15, 0.2) is 59.3 Å². The second-order valence-electron chi connectivity index (χ2n) is 9.96. The number of hydrogen-bond acceptors (Lipinski definition) is 7. The number of aromatic nitrogens is 3. The molecular formula is C28H28N6O4. The fourth-order valence-electron chi connectivity index (χ4n) is 4.27. The predicted molar refractivity (Wildman–Crippen MR) is 144 cm³/mol. The Hall–Kier alpha value is -4.73. The van der Waals surface area contributed by atoms with Crippen LogP contribution < -0.4 is 20.7 Å². The lowest BCUT2D eigenvalue weighted by Gasteiger charge is -2.23. The molecule has 0 atom stereocenters. The first-order valence-corrected chi connectivity index (χ1v) is 12.2. The van der Waals surface area contributed by atoms with Gasteiger partial charge in [-0.25, -0.2) is 14.8 Å². The number of nitrogens with one attached hydrogen (secondary N) is 3. The Labute approximate surface area is 219 Å². The minimum absolute atomic E-state index is 0.202. The van der Waals surface area contributed by atoms with Gasteiger partial charge in [0, 0.05) is 28.8 Å². The van der Waals surface area contributed by atoms with Crippen molar-refractivity contribution in [3.8, 4) is 17.0 Å². The van der Waals surface area contributed by atoms with Crippen LogP contribution in [0.25, 0.3) is 11.3 Å². The van der Waals surface area contributed by atoms with Crippen molar-refractivity contribution in [1.82, 2.24) is 15.1 Å². The van der Waals surface area contributed by atoms with E-state index in [1.165, 1.54) is 0 Å². The Bertz CT molecular complexity index is 1510. The van der Waals surface area contributed by atoms with Gasteiger partial charge in [-0.3, -0.25) is 15.4 Å². The zero-order valence-corrected chi connectivity index (χ0v) is 21.6. The van der Waals surface area contributed by atoms with E-state index in [2.05, 4.69) is 31.1 Å². The molecule has 10 heteroatoms. The molecule has 0 radical (unpaired) electrons. The number of nitrogens with zero attached hydrogens (tertiary/aromatic N) is 3. The summed E-state index contributed by atoms with van der Waals surface area (Å²) in [4.78, 5) is 34.5. The molecule has 194 valence electrons. The van der Waals surface area contributed by atoms with Gasteiger partial charge >= 0.3 is 6.03 Å². The van der Waals surface area contributed by atoms with Gasteiger partial charge in [0.25, 0.3) is 5.91 Å². The van der Waals surface area contributed by atoms with Crippen LogP contribution in [0.2, 0.25) is 0 Å². The van der Waals surface area contributed by atoms with Gasteiger partial charge in [-0.15, -0.1) is 0 Å². The van der Waals surface area contributed by atoms with Crippen LogP contribution in [0, 0.1) is 0 Å². The van der Waals surface area contributed by atoms with E-state index >= 15 is 0 Å². The van der Waals surface area contributed by atoms with Gasteiger partial charge in [0.05, 0.1) is 24.2 Å². The lowest BCUT2D eigenvalue weighted by atomic mass is 9.88. The number of rotatable bonds is 5. The first-order valence-electron chi connectivity index (χ1n) is 12.2. The second-order valence-corrected chi connectivity index (χ2v) is 9.96. The van der Waals surface area contributed by atoms with Gasteiger partial charge in [-0.05, 0) is 48.2 Å². The maximum Gasteiger partial charge on any atom is 0.326 e. The van der Waals surface area contributed by atoms with Crippen molar-refractivity contribution < 1.29 is 18.8 Å². The number of ether oxygens (including phenoxy) is 1. The number of hydrogen-bond donors (Lipinski definition) is 3. The average Bonchev–Trinajstić information content (AvgIpc) is 3.38. The molecule has 2 aromatic heterocycles. The number of methoxy groups -OCH3 is 1. The molecule has 5 rings (SSSR count). The van der Waals surface area contributed by atoms with Crippen LogP contribution in [0.5, 0.6) is 5.75 Å². The number of carbonyl (C=O) groups is 2. The van der Waals surface area contributed by atoms with Crippen LogP contribution in [0.4, 0.5) is 22.3 Å². The molecule has 0 saturated carbocycles. The molecule has 0 fully saturated rings. The van der Waals surface area contributed by atoms with Crippen LogP contribution in [-0.4, -0.2) is 34.2 Å². The number of urea groups is 1. The molecule has 3 amide bonds. The van der Waals surface area contributed by atoms with Gasteiger partial charge in [0.1, 0.15) is 5.75 Å². The van der Waals surface area contributed by atoms with E-state index in [1.54, 1.807) is 49.7 Å². The Morgan fingerprint density at radius 2 is 1.79 bits per heavy atom. The Morgan fingerprint density at radius 1 is 1.00 bits per heavy atom. The highest BCUT2D eigenvalue weighted by Gasteiger charge is 2.25. The average molecular weight is 513 g/mol. The summed E-state index contributed by atoms with van der Waals surface area (Å²) in [6.07, 6.45) is 3.03. The van der Waals surface area contributed by atoms with Gasteiger partial charge in [-0.2, -0.15) is 0 Å². The van der Waals surface area contributed by atoms with E-state index < -0.39 is 6.03 Å². The molecule has 0 bridgehead atoms. The molecule has 0 saturated heterocycles. The van der Waals surface area contributed by atoms with Crippen molar-refractivity contribution in [2.75, 3.05) is 23.1 Å². The Kier molecular flexibility index (Phi) is 6.54. The molecule has 3 N–H and O–H groups in total. The maximum atomic E-state index is 12.9. The summed E-state index contributed by atoms with van der Waals surface area (Å²) in [6.45, 7) is 6.03. The molecule has 38 heavy (non-hydrogen) atoms. The summed E-state index contributed by atoms with van der Waals surface area (Å²) in [5.41, 5.74) is 4.92. The third-order valence-corrected chi connectivity index (χ3v) is 6.27. The summed E-state index contributed by atoms with van der Waals surface area (Å²) in [5, 5.41) is 12.4. The Morgan fingerprint density at radius 3 is 2.50 bits per heavy atom. The fraction of sp³-hybridized carbons (Fsp3) is 0.250. The van der Waals surface area contributed by atoms with Gasteiger partial charge in [0.15, 0.2) is 0 Å². The molecule has 1 aliphatic carbocycles. The first-order chi connectivity index (χ1) is 18.2. The molecule has 1 aliphatic rings. The van der Waals surface area contributed by atoms with E-state index in [4.69, 9.17) is 9.26 Å². The van der Waals surface area contributed by atoms with Crippen molar-refractivity contribution in [3.05, 3.63) is 77.1 Å². The highest BCUT2D eigenvalue weighted by Crippen LogP contribution is 2.41. The van der Waals surface area contributed by atoms with E-state index in [1.807, 2.05) is 32.9 Å². The van der Waals surface area contributed by atoms with Crippen LogP contribution >= 0.6 is 0 Å². The Balaban J connectivity index is 1.41. The van der Waals surface area contributed by atoms with Crippen molar-refractivity contribution in [2.45, 2.75) is 39.0 Å². The molecule has 2 heterocycles. The molecule has 4 aromatic rings. The van der Waals surface area contributed by atoms with Crippen LogP contribution in [-0.2, 0) is 18.3 Å². The van der Waals surface area contributed by atoms with Gasteiger partial charge < -0.3 is 14.6 Å². The normalized spacial score (nSPS) is 12.2. The standard InChI is InChI=1S/C28H28N6O4/c1-28(2,3)21-14-22(38-34-21)30-27(36)32-24-19-11-10-17-15-29-26(33-25(35)16-8-6-5-7-9-16)31-23(17)18(19)12-13-20(24)37-4/h5-9,12-15H,10-11H2,1-4H3,(H2,30,32,36)(H,29,31,33,35). The zero-order valence-electron chi connectivity index (χ0n) is 21.6. The molecule has 0 unspecified atom stereocenters. The SMILES string of the molecule is COc1ccc2c(c1NC(=O)Nc1cc(C(C)(C)C)no1)CCc1cnc(NC(=O)c3ccccc3)nc1-2. The summed E-state index contributed by atoms with van der Waals surface area (Å²) in [5.74, 6) is 0.668. The smallest absolute Gasteiger partial charge is 0.326 e. The lowest BCUT2D eigenvalue weighted by Crippen LogP contribution is -2.22. The largest absolute Gasteiger partial charge is 0.495 e. The molecule has 0 spiro atoms. The fourth-order valence-corrected chi connectivity index (χ4v) is 4.27. The minimum atomic E-state index is -0.488. The van der Waals surface area contributed by atoms with E-state index in [0.29, 0.717) is 35.5 Å². The highest BCUT2D eigenvalue weighted by atomic mass is 16.5. The maximum absolute atomic E-state index is 12.9. The van der Waals surface area contributed by atoms with Crippen molar-refractivity contribution in [3.63, 3.8) is 0 Å². The van der Waals surface area contributed by atoms with Gasteiger partial charge in [-0.1, -0.05) is 44.1 Å². The number of fused-ring (bicyclic) bond motifs is 3. The molecule has 10 nitrogen and oxygen atoms in total. The summed E-state index contributed by atoms with van der Waals surface area (Å²) in [7, 11) is 1.55. The van der Waals surface area contributed by atoms with Gasteiger partial charge in [0.2, 0.25) is 11.8 Å². The zero-order chi connectivity index (χ0) is 26.9. The quantitative estimate of drug-likeness (QED) is 0.325. The third kappa shape index (κ3) is 5.06. The summed E-state index contributed by atoms with van der Waals surface area (Å²) >= 11 is 0.